The molecule has 0 spiro atoms. The molecule has 1 fully saturated rings. The van der Waals surface area contributed by atoms with Crippen LogP contribution in [-0.2, 0) is 16.9 Å². The first kappa shape index (κ1) is 14.5. The van der Waals surface area contributed by atoms with Crippen molar-refractivity contribution in [2.75, 3.05) is 6.79 Å². The van der Waals surface area contributed by atoms with Crippen molar-refractivity contribution in [2.45, 2.75) is 25.9 Å². The number of amides is 3. The smallest absolute Gasteiger partial charge is 0.325 e. The largest absolute Gasteiger partial charge is 0.454 e. The van der Waals surface area contributed by atoms with Gasteiger partial charge in [0.15, 0.2) is 17.3 Å². The monoisotopic (exact) mass is 330 g/mol. The SMILES string of the molecule is Cc1noc(CN2C(=O)N[C@@](C)(c3ccc4c(c3)OCO4)C2=O)n1. The highest BCUT2D eigenvalue weighted by Gasteiger charge is 2.49. The van der Waals surface area contributed by atoms with Crippen molar-refractivity contribution in [3.8, 4) is 11.5 Å². The predicted octanol–water partition coefficient (Wildman–Crippen LogP) is 1.07. The molecular weight excluding hydrogens is 316 g/mol. The number of imide groups is 1. The molecule has 1 aromatic carbocycles. The molecule has 1 saturated heterocycles. The Morgan fingerprint density at radius 1 is 1.29 bits per heavy atom. The van der Waals surface area contributed by atoms with Crippen molar-refractivity contribution in [1.29, 1.82) is 0 Å². The second-order valence-electron chi connectivity index (χ2n) is 5.75. The average Bonchev–Trinajstić information content (AvgIpc) is 3.23. The fourth-order valence-corrected chi connectivity index (χ4v) is 2.78. The molecule has 3 heterocycles. The summed E-state index contributed by atoms with van der Waals surface area (Å²) in [5.74, 6) is 1.39. The first-order valence-corrected chi connectivity index (χ1v) is 7.31. The lowest BCUT2D eigenvalue weighted by Gasteiger charge is -2.22. The van der Waals surface area contributed by atoms with Crippen molar-refractivity contribution in [3.05, 3.63) is 35.5 Å². The fraction of sp³-hybridized carbons (Fsp3) is 0.333. The summed E-state index contributed by atoms with van der Waals surface area (Å²) in [4.78, 5) is 30.2. The van der Waals surface area contributed by atoms with Crippen LogP contribution in [0, 0.1) is 6.92 Å². The Hall–Kier alpha value is -3.10. The first-order chi connectivity index (χ1) is 11.5. The first-order valence-electron chi connectivity index (χ1n) is 7.31. The fourth-order valence-electron chi connectivity index (χ4n) is 2.78. The summed E-state index contributed by atoms with van der Waals surface area (Å²) < 4.78 is 15.6. The molecule has 4 rings (SSSR count). The van der Waals surface area contributed by atoms with Crippen LogP contribution in [-0.4, -0.2) is 33.8 Å². The summed E-state index contributed by atoms with van der Waals surface area (Å²) >= 11 is 0. The van der Waals surface area contributed by atoms with Crippen molar-refractivity contribution >= 4 is 11.9 Å². The Morgan fingerprint density at radius 2 is 2.08 bits per heavy atom. The standard InChI is InChI=1S/C15H14N4O5/c1-8-16-12(24-18-8)6-19-13(20)15(2,17-14(19)21)9-3-4-10-11(5-9)23-7-22-10/h3-5H,6-7H2,1-2H3,(H,17,21)/t15-/m0/s1. The Kier molecular flexibility index (Phi) is 2.99. The van der Waals surface area contributed by atoms with E-state index in [1.807, 2.05) is 0 Å². The third kappa shape index (κ3) is 2.08. The zero-order valence-electron chi connectivity index (χ0n) is 13.0. The summed E-state index contributed by atoms with van der Waals surface area (Å²) in [6.45, 7) is 3.36. The molecule has 2 aliphatic heterocycles. The van der Waals surface area contributed by atoms with Gasteiger partial charge in [0.25, 0.3) is 5.91 Å². The minimum absolute atomic E-state index is 0.0777. The number of aromatic nitrogens is 2. The van der Waals surface area contributed by atoms with Gasteiger partial charge in [0.05, 0.1) is 0 Å². The van der Waals surface area contributed by atoms with Gasteiger partial charge in [-0.25, -0.2) is 4.79 Å². The van der Waals surface area contributed by atoms with Crippen LogP contribution in [0.1, 0.15) is 24.2 Å². The number of hydrogen-bond donors (Lipinski definition) is 1. The van der Waals surface area contributed by atoms with Crippen molar-refractivity contribution in [2.24, 2.45) is 0 Å². The number of ether oxygens (including phenoxy) is 2. The molecule has 0 aliphatic carbocycles. The molecule has 2 aliphatic rings. The van der Waals surface area contributed by atoms with E-state index in [4.69, 9.17) is 14.0 Å². The van der Waals surface area contributed by atoms with Crippen LogP contribution in [0.3, 0.4) is 0 Å². The minimum Gasteiger partial charge on any atom is -0.454 e. The molecule has 24 heavy (non-hydrogen) atoms. The number of hydrogen-bond acceptors (Lipinski definition) is 7. The molecule has 9 heteroatoms. The van der Waals surface area contributed by atoms with Crippen LogP contribution in [0.5, 0.6) is 11.5 Å². The molecule has 1 atom stereocenters. The molecule has 2 aromatic rings. The number of carbonyl (C=O) groups excluding carboxylic acids is 2. The maximum Gasteiger partial charge on any atom is 0.325 e. The van der Waals surface area contributed by atoms with Crippen molar-refractivity contribution < 1.29 is 23.6 Å². The van der Waals surface area contributed by atoms with Gasteiger partial charge in [-0.2, -0.15) is 4.98 Å². The van der Waals surface area contributed by atoms with Crippen molar-refractivity contribution in [3.63, 3.8) is 0 Å². The number of carbonyl (C=O) groups is 2. The van der Waals surface area contributed by atoms with Gasteiger partial charge in [-0.1, -0.05) is 11.2 Å². The molecule has 0 saturated carbocycles. The maximum atomic E-state index is 12.8. The summed E-state index contributed by atoms with van der Waals surface area (Å²) in [6.07, 6.45) is 0. The second kappa shape index (κ2) is 4.95. The quantitative estimate of drug-likeness (QED) is 0.839. The molecule has 9 nitrogen and oxygen atoms in total. The van der Waals surface area contributed by atoms with E-state index < -0.39 is 17.5 Å². The van der Waals surface area contributed by atoms with Crippen LogP contribution in [0.4, 0.5) is 4.79 Å². The van der Waals surface area contributed by atoms with E-state index in [2.05, 4.69) is 15.5 Å². The Bertz CT molecular complexity index is 848. The minimum atomic E-state index is -1.20. The van der Waals surface area contributed by atoms with Gasteiger partial charge in [0, 0.05) is 0 Å². The molecule has 0 radical (unpaired) electrons. The number of benzene rings is 1. The summed E-state index contributed by atoms with van der Waals surface area (Å²) in [5.41, 5.74) is -0.595. The zero-order valence-corrected chi connectivity index (χ0v) is 13.0. The van der Waals surface area contributed by atoms with Crippen LogP contribution in [0.15, 0.2) is 22.7 Å². The maximum absolute atomic E-state index is 12.8. The second-order valence-corrected chi connectivity index (χ2v) is 5.75. The molecule has 124 valence electrons. The Morgan fingerprint density at radius 3 is 2.83 bits per heavy atom. The topological polar surface area (TPSA) is 107 Å². The molecule has 3 amide bonds. The van der Waals surface area contributed by atoms with Crippen LogP contribution in [0.2, 0.25) is 0 Å². The van der Waals surface area contributed by atoms with Crippen LogP contribution < -0.4 is 14.8 Å². The highest BCUT2D eigenvalue weighted by Crippen LogP contribution is 2.38. The van der Waals surface area contributed by atoms with Crippen LogP contribution >= 0.6 is 0 Å². The highest BCUT2D eigenvalue weighted by atomic mass is 16.7. The van der Waals surface area contributed by atoms with E-state index >= 15 is 0 Å². The highest BCUT2D eigenvalue weighted by molar-refractivity contribution is 6.07. The Labute approximate surface area is 136 Å². The van der Waals surface area contributed by atoms with Gasteiger partial charge in [-0.05, 0) is 31.5 Å². The van der Waals surface area contributed by atoms with Gasteiger partial charge >= 0.3 is 6.03 Å². The van der Waals surface area contributed by atoms with E-state index in [-0.39, 0.29) is 19.2 Å². The van der Waals surface area contributed by atoms with E-state index in [9.17, 15) is 9.59 Å². The number of rotatable bonds is 3. The number of nitrogens with one attached hydrogen (secondary N) is 1. The van der Waals surface area contributed by atoms with E-state index in [0.717, 1.165) is 4.90 Å². The molecule has 0 bridgehead atoms. The number of urea groups is 1. The van der Waals surface area contributed by atoms with Gasteiger partial charge < -0.3 is 19.3 Å². The molecule has 0 unspecified atom stereocenters. The van der Waals surface area contributed by atoms with Gasteiger partial charge in [-0.3, -0.25) is 9.69 Å². The molecule has 1 aromatic heterocycles. The lowest BCUT2D eigenvalue weighted by molar-refractivity contribution is -0.131. The number of aryl methyl sites for hydroxylation is 1. The van der Waals surface area contributed by atoms with Crippen molar-refractivity contribution in [1.82, 2.24) is 20.4 Å². The van der Waals surface area contributed by atoms with E-state index in [0.29, 0.717) is 22.9 Å². The third-order valence-corrected chi connectivity index (χ3v) is 4.09. The van der Waals surface area contributed by atoms with Crippen LogP contribution in [0.25, 0.3) is 0 Å². The summed E-state index contributed by atoms with van der Waals surface area (Å²) in [7, 11) is 0. The lowest BCUT2D eigenvalue weighted by atomic mass is 9.91. The normalized spacial score (nSPS) is 22.2. The summed E-state index contributed by atoms with van der Waals surface area (Å²) in [5, 5.41) is 6.37. The average molecular weight is 330 g/mol. The van der Waals surface area contributed by atoms with Gasteiger partial charge in [0.2, 0.25) is 12.7 Å². The van der Waals surface area contributed by atoms with Gasteiger partial charge in [-0.15, -0.1) is 0 Å². The Balaban J connectivity index is 1.64. The molecule has 1 N–H and O–H groups in total. The van der Waals surface area contributed by atoms with Gasteiger partial charge in [0.1, 0.15) is 12.1 Å². The number of fused-ring (bicyclic) bond motifs is 1. The van der Waals surface area contributed by atoms with E-state index in [1.54, 1.807) is 32.0 Å². The summed E-state index contributed by atoms with van der Waals surface area (Å²) in [6, 6.07) is 4.62. The molecular formula is C15H14N4O5. The number of nitrogens with zero attached hydrogens (tertiary/aromatic N) is 3. The lowest BCUT2D eigenvalue weighted by Crippen LogP contribution is -2.40. The predicted molar refractivity (Wildman–Crippen MR) is 78.0 cm³/mol. The third-order valence-electron chi connectivity index (χ3n) is 4.09. The zero-order chi connectivity index (χ0) is 16.9. The van der Waals surface area contributed by atoms with E-state index in [1.165, 1.54) is 0 Å².